The third-order valence-electron chi connectivity index (χ3n) is 13.1. The second kappa shape index (κ2) is 55.4. The molecule has 0 aliphatic rings. The van der Waals surface area contributed by atoms with Gasteiger partial charge in [0.15, 0.2) is 0 Å². The predicted molar refractivity (Wildman–Crippen MR) is 287 cm³/mol. The van der Waals surface area contributed by atoms with Crippen LogP contribution in [0.5, 0.6) is 0 Å². The van der Waals surface area contributed by atoms with E-state index in [1.807, 2.05) is 6.08 Å². The molecule has 0 saturated carbocycles. The van der Waals surface area contributed by atoms with E-state index in [0.717, 1.165) is 64.2 Å². The first-order valence-corrected chi connectivity index (χ1v) is 28.9. The molecule has 0 bridgehead atoms. The summed E-state index contributed by atoms with van der Waals surface area (Å²) >= 11 is 0. The van der Waals surface area contributed by atoms with Crippen molar-refractivity contribution in [3.8, 4) is 0 Å². The maximum Gasteiger partial charge on any atom is 0.305 e. The van der Waals surface area contributed by atoms with Crippen LogP contribution in [0.3, 0.4) is 0 Å². The topological polar surface area (TPSA) is 95.9 Å². The summed E-state index contributed by atoms with van der Waals surface area (Å²) in [6.07, 6.45) is 69.8. The Kier molecular flexibility index (Phi) is 53.6. The van der Waals surface area contributed by atoms with Crippen molar-refractivity contribution in [2.24, 2.45) is 0 Å². The summed E-state index contributed by atoms with van der Waals surface area (Å²) in [5.41, 5.74) is 0. The number of unbranched alkanes of at least 4 members (excludes halogenated alkanes) is 36. The van der Waals surface area contributed by atoms with E-state index >= 15 is 0 Å². The largest absolute Gasteiger partial charge is 0.466 e. The number of carbonyl (C=O) groups excluding carboxylic acids is 2. The SMILES string of the molecule is CCCCCC/C=C\C/C=C\CCCCCCCC(=O)OCCCCCCCC/C=C\CCCCCCCCCC(=O)NC(CO)C(O)/C=C/CCCCCCCCCCCCCCCC. The van der Waals surface area contributed by atoms with Crippen LogP contribution in [0.4, 0.5) is 0 Å². The number of carbonyl (C=O) groups is 2. The van der Waals surface area contributed by atoms with Gasteiger partial charge < -0.3 is 20.3 Å². The van der Waals surface area contributed by atoms with Gasteiger partial charge in [0.2, 0.25) is 5.91 Å². The van der Waals surface area contributed by atoms with Crippen LogP contribution in [-0.2, 0) is 14.3 Å². The first-order chi connectivity index (χ1) is 32.5. The molecular formula is C60H111NO5. The third-order valence-corrected chi connectivity index (χ3v) is 13.1. The molecule has 2 atom stereocenters. The summed E-state index contributed by atoms with van der Waals surface area (Å²) in [4.78, 5) is 24.5. The van der Waals surface area contributed by atoms with Gasteiger partial charge in [0.05, 0.1) is 25.4 Å². The van der Waals surface area contributed by atoms with Crippen LogP contribution in [0.15, 0.2) is 48.6 Å². The number of hydrogen-bond acceptors (Lipinski definition) is 5. The number of aliphatic hydroxyl groups is 2. The highest BCUT2D eigenvalue weighted by Gasteiger charge is 2.18. The van der Waals surface area contributed by atoms with Gasteiger partial charge >= 0.3 is 5.97 Å². The summed E-state index contributed by atoms with van der Waals surface area (Å²) in [5.74, 6) is -0.0970. The fourth-order valence-electron chi connectivity index (χ4n) is 8.60. The summed E-state index contributed by atoms with van der Waals surface area (Å²) in [6.45, 7) is 4.86. The van der Waals surface area contributed by atoms with Gasteiger partial charge in [-0.25, -0.2) is 0 Å². The van der Waals surface area contributed by atoms with E-state index in [-0.39, 0.29) is 18.5 Å². The summed E-state index contributed by atoms with van der Waals surface area (Å²) < 4.78 is 5.46. The minimum absolute atomic E-state index is 0.0167. The lowest BCUT2D eigenvalue weighted by Crippen LogP contribution is -2.45. The Morgan fingerprint density at radius 1 is 0.424 bits per heavy atom. The highest BCUT2D eigenvalue weighted by Crippen LogP contribution is 2.16. The van der Waals surface area contributed by atoms with Crippen molar-refractivity contribution >= 4 is 11.9 Å². The Labute approximate surface area is 410 Å². The van der Waals surface area contributed by atoms with Crippen molar-refractivity contribution in [3.63, 3.8) is 0 Å². The van der Waals surface area contributed by atoms with Gasteiger partial charge in [-0.2, -0.15) is 0 Å². The van der Waals surface area contributed by atoms with Crippen molar-refractivity contribution in [3.05, 3.63) is 48.6 Å². The Bertz CT molecular complexity index is 1110. The quantitative estimate of drug-likeness (QED) is 0.0321. The predicted octanol–water partition coefficient (Wildman–Crippen LogP) is 17.8. The zero-order valence-corrected chi connectivity index (χ0v) is 43.9. The average molecular weight is 927 g/mol. The Morgan fingerprint density at radius 3 is 1.18 bits per heavy atom. The zero-order chi connectivity index (χ0) is 47.9. The molecule has 1 amide bonds. The summed E-state index contributed by atoms with van der Waals surface area (Å²) in [6, 6.07) is -0.638. The molecule has 0 aliphatic heterocycles. The lowest BCUT2D eigenvalue weighted by Gasteiger charge is -2.20. The fraction of sp³-hybridized carbons (Fsp3) is 0.833. The van der Waals surface area contributed by atoms with Crippen LogP contribution < -0.4 is 5.32 Å². The van der Waals surface area contributed by atoms with Crippen molar-refractivity contribution in [1.82, 2.24) is 5.32 Å². The van der Waals surface area contributed by atoms with Crippen LogP contribution in [0.2, 0.25) is 0 Å². The first kappa shape index (κ1) is 63.8. The Balaban J connectivity index is 3.50. The molecule has 386 valence electrons. The smallest absolute Gasteiger partial charge is 0.305 e. The molecule has 0 radical (unpaired) electrons. The van der Waals surface area contributed by atoms with Crippen LogP contribution >= 0.6 is 0 Å². The zero-order valence-electron chi connectivity index (χ0n) is 43.9. The molecule has 0 saturated heterocycles. The molecule has 3 N–H and O–H groups in total. The van der Waals surface area contributed by atoms with E-state index in [9.17, 15) is 19.8 Å². The van der Waals surface area contributed by atoms with E-state index < -0.39 is 12.1 Å². The Hall–Kier alpha value is -2.18. The number of rotatable bonds is 53. The molecule has 6 heteroatoms. The van der Waals surface area contributed by atoms with E-state index in [2.05, 4.69) is 55.6 Å². The number of nitrogens with one attached hydrogen (secondary N) is 1. The van der Waals surface area contributed by atoms with Gasteiger partial charge in [0, 0.05) is 12.8 Å². The maximum atomic E-state index is 12.5. The van der Waals surface area contributed by atoms with Crippen LogP contribution in [0, 0.1) is 0 Å². The first-order valence-electron chi connectivity index (χ1n) is 28.9. The highest BCUT2D eigenvalue weighted by atomic mass is 16.5. The molecule has 6 nitrogen and oxygen atoms in total. The van der Waals surface area contributed by atoms with Crippen molar-refractivity contribution in [1.29, 1.82) is 0 Å². The fourth-order valence-corrected chi connectivity index (χ4v) is 8.60. The van der Waals surface area contributed by atoms with Crippen molar-refractivity contribution in [2.45, 2.75) is 309 Å². The Morgan fingerprint density at radius 2 is 0.758 bits per heavy atom. The standard InChI is InChI=1S/C60H111NO5/c1-3-5-7-9-11-13-15-17-19-24-28-32-36-40-44-48-52-58(63)57(56-62)61-59(64)53-49-45-41-37-33-29-25-22-21-23-27-31-35-39-43-47-51-55-66-60(65)54-50-46-42-38-34-30-26-20-18-16-14-12-10-8-6-4-2/h14,16,20-21,23,26,48,52,57-58,62-63H,3-13,15,17-19,22,24-25,27-47,49-51,53-56H2,1-2H3,(H,61,64)/b16-14-,23-21-,26-20-,52-48+. The number of esters is 1. The summed E-state index contributed by atoms with van der Waals surface area (Å²) in [5, 5.41) is 23.1. The third kappa shape index (κ3) is 51.2. The molecule has 0 aromatic carbocycles. The van der Waals surface area contributed by atoms with E-state index in [1.165, 1.54) is 205 Å². The van der Waals surface area contributed by atoms with Gasteiger partial charge in [-0.15, -0.1) is 0 Å². The molecule has 0 spiro atoms. The van der Waals surface area contributed by atoms with Gasteiger partial charge in [-0.3, -0.25) is 9.59 Å². The minimum Gasteiger partial charge on any atom is -0.466 e. The molecule has 0 aromatic rings. The number of allylic oxidation sites excluding steroid dienone is 7. The molecule has 0 heterocycles. The van der Waals surface area contributed by atoms with E-state index in [4.69, 9.17) is 4.74 Å². The number of ether oxygens (including phenoxy) is 1. The lowest BCUT2D eigenvalue weighted by molar-refractivity contribution is -0.143. The highest BCUT2D eigenvalue weighted by molar-refractivity contribution is 5.76. The normalized spacial score (nSPS) is 13.0. The van der Waals surface area contributed by atoms with Gasteiger partial charge in [0.1, 0.15) is 0 Å². The number of amides is 1. The van der Waals surface area contributed by atoms with Crippen molar-refractivity contribution < 1.29 is 24.5 Å². The monoisotopic (exact) mass is 926 g/mol. The maximum absolute atomic E-state index is 12.5. The lowest BCUT2D eigenvalue weighted by atomic mass is 10.0. The number of hydrogen-bond donors (Lipinski definition) is 3. The van der Waals surface area contributed by atoms with E-state index in [0.29, 0.717) is 19.4 Å². The molecule has 0 aromatic heterocycles. The van der Waals surface area contributed by atoms with E-state index in [1.54, 1.807) is 6.08 Å². The summed E-state index contributed by atoms with van der Waals surface area (Å²) in [7, 11) is 0. The molecule has 66 heavy (non-hydrogen) atoms. The second-order valence-electron chi connectivity index (χ2n) is 19.6. The molecule has 0 aliphatic carbocycles. The van der Waals surface area contributed by atoms with Crippen LogP contribution in [0.1, 0.15) is 296 Å². The van der Waals surface area contributed by atoms with Crippen LogP contribution in [0.25, 0.3) is 0 Å². The molecule has 2 unspecified atom stereocenters. The minimum atomic E-state index is -0.853. The average Bonchev–Trinajstić information content (AvgIpc) is 3.32. The second-order valence-corrected chi connectivity index (χ2v) is 19.6. The van der Waals surface area contributed by atoms with Gasteiger partial charge in [0.25, 0.3) is 0 Å². The number of aliphatic hydroxyl groups excluding tert-OH is 2. The molecule has 0 rings (SSSR count). The van der Waals surface area contributed by atoms with Crippen molar-refractivity contribution in [2.75, 3.05) is 13.2 Å². The van der Waals surface area contributed by atoms with Crippen LogP contribution in [-0.4, -0.2) is 47.4 Å². The molecule has 0 fully saturated rings. The van der Waals surface area contributed by atoms with Gasteiger partial charge in [-0.1, -0.05) is 242 Å². The molecular weight excluding hydrogens is 815 g/mol. The van der Waals surface area contributed by atoms with Gasteiger partial charge in [-0.05, 0) is 89.9 Å².